The monoisotopic (exact) mass is 343 g/mol. The highest BCUT2D eigenvalue weighted by Crippen LogP contribution is 2.34. The van der Waals surface area contributed by atoms with Crippen molar-refractivity contribution in [3.05, 3.63) is 58.6 Å². The molecule has 0 fully saturated rings. The van der Waals surface area contributed by atoms with Crippen LogP contribution in [0.1, 0.15) is 11.1 Å². The number of nitrogens with one attached hydrogen (secondary N) is 1. The fourth-order valence-electron chi connectivity index (χ4n) is 1.88. The van der Waals surface area contributed by atoms with Gasteiger partial charge in [0.1, 0.15) is 5.75 Å². The quantitative estimate of drug-likeness (QED) is 0.875. The van der Waals surface area contributed by atoms with E-state index in [0.29, 0.717) is 10.8 Å². The van der Waals surface area contributed by atoms with Crippen LogP contribution < -0.4 is 10.1 Å². The highest BCUT2D eigenvalue weighted by molar-refractivity contribution is 6.31. The standard InChI is InChI=1S/C16H13ClF3NO2/c1-10-8-11(6-7-13(10)17)23-9-15(22)21-14-5-3-2-4-12(14)16(18,19)20/h2-8H,9H2,1H3,(H,21,22). The van der Waals surface area contributed by atoms with Crippen molar-refractivity contribution >= 4 is 23.2 Å². The maximum Gasteiger partial charge on any atom is 0.418 e. The van der Waals surface area contributed by atoms with Gasteiger partial charge in [0.25, 0.3) is 5.91 Å². The van der Waals surface area contributed by atoms with E-state index in [2.05, 4.69) is 5.32 Å². The third-order valence-electron chi connectivity index (χ3n) is 3.01. The predicted octanol–water partition coefficient (Wildman–Crippen LogP) is 4.68. The summed E-state index contributed by atoms with van der Waals surface area (Å²) in [5.41, 5.74) is -0.441. The first-order chi connectivity index (χ1) is 10.8. The maximum absolute atomic E-state index is 12.8. The van der Waals surface area contributed by atoms with Crippen molar-refractivity contribution in [2.45, 2.75) is 13.1 Å². The fourth-order valence-corrected chi connectivity index (χ4v) is 2.00. The summed E-state index contributed by atoms with van der Waals surface area (Å²) in [6.07, 6.45) is -4.54. The van der Waals surface area contributed by atoms with Crippen LogP contribution in [0, 0.1) is 6.92 Å². The Morgan fingerprint density at radius 1 is 1.22 bits per heavy atom. The van der Waals surface area contributed by atoms with E-state index in [4.69, 9.17) is 16.3 Å². The molecule has 0 aromatic heterocycles. The number of rotatable bonds is 4. The van der Waals surface area contributed by atoms with E-state index in [1.807, 2.05) is 0 Å². The molecule has 0 bridgehead atoms. The number of benzene rings is 2. The number of carbonyl (C=O) groups is 1. The number of para-hydroxylation sites is 1. The van der Waals surface area contributed by atoms with Crippen molar-refractivity contribution in [3.8, 4) is 5.75 Å². The zero-order chi connectivity index (χ0) is 17.0. The van der Waals surface area contributed by atoms with E-state index in [0.717, 1.165) is 11.6 Å². The number of hydrogen-bond acceptors (Lipinski definition) is 2. The normalized spacial score (nSPS) is 11.2. The Labute approximate surface area is 136 Å². The van der Waals surface area contributed by atoms with Gasteiger partial charge in [-0.15, -0.1) is 0 Å². The average molecular weight is 344 g/mol. The number of halogens is 4. The number of ether oxygens (including phenoxy) is 1. The Morgan fingerprint density at radius 2 is 1.91 bits per heavy atom. The minimum atomic E-state index is -4.54. The van der Waals surface area contributed by atoms with Gasteiger partial charge >= 0.3 is 6.18 Å². The second-order valence-corrected chi connectivity index (χ2v) is 5.20. The SMILES string of the molecule is Cc1cc(OCC(=O)Nc2ccccc2C(F)(F)F)ccc1Cl. The second kappa shape index (κ2) is 6.91. The Morgan fingerprint density at radius 3 is 2.57 bits per heavy atom. The van der Waals surface area contributed by atoms with Gasteiger partial charge < -0.3 is 10.1 Å². The summed E-state index contributed by atoms with van der Waals surface area (Å²) in [4.78, 5) is 11.8. The van der Waals surface area contributed by atoms with Crippen LogP contribution in [0.2, 0.25) is 5.02 Å². The largest absolute Gasteiger partial charge is 0.484 e. The predicted molar refractivity (Wildman–Crippen MR) is 81.8 cm³/mol. The molecule has 3 nitrogen and oxygen atoms in total. The average Bonchev–Trinajstić information content (AvgIpc) is 2.48. The van der Waals surface area contributed by atoms with Crippen LogP contribution in [0.15, 0.2) is 42.5 Å². The van der Waals surface area contributed by atoms with E-state index in [1.165, 1.54) is 18.2 Å². The Hall–Kier alpha value is -2.21. The van der Waals surface area contributed by atoms with Gasteiger partial charge in [-0.25, -0.2) is 0 Å². The Balaban J connectivity index is 2.02. The van der Waals surface area contributed by atoms with E-state index in [-0.39, 0.29) is 5.69 Å². The Bertz CT molecular complexity index is 717. The first-order valence-electron chi connectivity index (χ1n) is 6.62. The molecular weight excluding hydrogens is 331 g/mol. The lowest BCUT2D eigenvalue weighted by Gasteiger charge is -2.14. The highest BCUT2D eigenvalue weighted by atomic mass is 35.5. The van der Waals surface area contributed by atoms with Crippen LogP contribution in [0.25, 0.3) is 0 Å². The molecule has 0 radical (unpaired) electrons. The molecule has 122 valence electrons. The number of amides is 1. The van der Waals surface area contributed by atoms with Gasteiger partial charge in [-0.05, 0) is 42.8 Å². The highest BCUT2D eigenvalue weighted by Gasteiger charge is 2.33. The minimum absolute atomic E-state index is 0.305. The van der Waals surface area contributed by atoms with Crippen molar-refractivity contribution in [1.29, 1.82) is 0 Å². The molecule has 23 heavy (non-hydrogen) atoms. The third kappa shape index (κ3) is 4.63. The van der Waals surface area contributed by atoms with Gasteiger partial charge in [0.2, 0.25) is 0 Å². The number of alkyl halides is 3. The van der Waals surface area contributed by atoms with Crippen LogP contribution in [0.5, 0.6) is 5.75 Å². The summed E-state index contributed by atoms with van der Waals surface area (Å²) in [5.74, 6) is -0.277. The smallest absolute Gasteiger partial charge is 0.418 e. The van der Waals surface area contributed by atoms with Crippen LogP contribution in [-0.4, -0.2) is 12.5 Å². The number of carbonyl (C=O) groups excluding carboxylic acids is 1. The number of aryl methyl sites for hydroxylation is 1. The molecule has 0 saturated carbocycles. The zero-order valence-electron chi connectivity index (χ0n) is 12.1. The van der Waals surface area contributed by atoms with Gasteiger partial charge in [-0.1, -0.05) is 23.7 Å². The van der Waals surface area contributed by atoms with E-state index < -0.39 is 24.3 Å². The second-order valence-electron chi connectivity index (χ2n) is 4.79. The molecule has 0 atom stereocenters. The van der Waals surface area contributed by atoms with Crippen molar-refractivity contribution < 1.29 is 22.7 Å². The molecule has 2 aromatic carbocycles. The van der Waals surface area contributed by atoms with Crippen molar-refractivity contribution in [1.82, 2.24) is 0 Å². The molecule has 2 rings (SSSR count). The van der Waals surface area contributed by atoms with Gasteiger partial charge in [0.05, 0.1) is 11.3 Å². The molecule has 0 saturated heterocycles. The van der Waals surface area contributed by atoms with E-state index in [1.54, 1.807) is 25.1 Å². The molecule has 0 aliphatic carbocycles. The zero-order valence-corrected chi connectivity index (χ0v) is 12.8. The van der Waals surface area contributed by atoms with Crippen molar-refractivity contribution in [2.24, 2.45) is 0 Å². The molecule has 2 aromatic rings. The molecule has 0 aliphatic heterocycles. The topological polar surface area (TPSA) is 38.3 Å². The van der Waals surface area contributed by atoms with Gasteiger partial charge in [0, 0.05) is 5.02 Å². The maximum atomic E-state index is 12.8. The summed E-state index contributed by atoms with van der Waals surface area (Å²) in [6.45, 7) is 1.36. The lowest BCUT2D eigenvalue weighted by Crippen LogP contribution is -2.22. The Kier molecular flexibility index (Phi) is 5.15. The molecule has 0 unspecified atom stereocenters. The van der Waals surface area contributed by atoms with Gasteiger partial charge in [-0.2, -0.15) is 13.2 Å². The molecule has 1 amide bonds. The van der Waals surface area contributed by atoms with Crippen LogP contribution in [0.3, 0.4) is 0 Å². The lowest BCUT2D eigenvalue weighted by atomic mass is 10.1. The molecule has 7 heteroatoms. The molecule has 0 aliphatic rings. The molecular formula is C16H13ClF3NO2. The van der Waals surface area contributed by atoms with Crippen molar-refractivity contribution in [2.75, 3.05) is 11.9 Å². The van der Waals surface area contributed by atoms with Gasteiger partial charge in [-0.3, -0.25) is 4.79 Å². The van der Waals surface area contributed by atoms with Crippen LogP contribution in [-0.2, 0) is 11.0 Å². The third-order valence-corrected chi connectivity index (χ3v) is 3.43. The van der Waals surface area contributed by atoms with E-state index >= 15 is 0 Å². The summed E-state index contributed by atoms with van der Waals surface area (Å²) in [5, 5.41) is 2.76. The van der Waals surface area contributed by atoms with Crippen molar-refractivity contribution in [3.63, 3.8) is 0 Å². The first kappa shape index (κ1) is 17.1. The lowest BCUT2D eigenvalue weighted by molar-refractivity contribution is -0.137. The summed E-state index contributed by atoms with van der Waals surface area (Å²) < 4.78 is 43.8. The number of hydrogen-bond donors (Lipinski definition) is 1. The van der Waals surface area contributed by atoms with Gasteiger partial charge in [0.15, 0.2) is 6.61 Å². The first-order valence-corrected chi connectivity index (χ1v) is 7.00. The summed E-state index contributed by atoms with van der Waals surface area (Å²) in [6, 6.07) is 9.58. The molecule has 1 N–H and O–H groups in total. The number of anilines is 1. The van der Waals surface area contributed by atoms with Crippen LogP contribution >= 0.6 is 11.6 Å². The van der Waals surface area contributed by atoms with Crippen LogP contribution in [0.4, 0.5) is 18.9 Å². The summed E-state index contributed by atoms with van der Waals surface area (Å²) >= 11 is 5.87. The molecule has 0 heterocycles. The summed E-state index contributed by atoms with van der Waals surface area (Å²) in [7, 11) is 0. The molecule has 0 spiro atoms. The minimum Gasteiger partial charge on any atom is -0.484 e. The fraction of sp³-hybridized carbons (Fsp3) is 0.188. The van der Waals surface area contributed by atoms with E-state index in [9.17, 15) is 18.0 Å².